The van der Waals surface area contributed by atoms with Crippen LogP contribution in [0.25, 0.3) is 0 Å². The van der Waals surface area contributed by atoms with E-state index < -0.39 is 11.9 Å². The third-order valence-corrected chi connectivity index (χ3v) is 3.63. The minimum absolute atomic E-state index is 0.237. The molecule has 0 aromatic carbocycles. The van der Waals surface area contributed by atoms with Crippen LogP contribution in [-0.4, -0.2) is 32.8 Å². The van der Waals surface area contributed by atoms with Crippen molar-refractivity contribution in [2.75, 3.05) is 0 Å². The Morgan fingerprint density at radius 1 is 1.50 bits per heavy atom. The van der Waals surface area contributed by atoms with E-state index in [0.717, 1.165) is 18.5 Å². The van der Waals surface area contributed by atoms with Gasteiger partial charge in [-0.25, -0.2) is 0 Å². The van der Waals surface area contributed by atoms with E-state index in [-0.39, 0.29) is 11.9 Å². The van der Waals surface area contributed by atoms with Crippen molar-refractivity contribution >= 4 is 11.9 Å². The number of aliphatic carboxylic acids is 1. The maximum absolute atomic E-state index is 12.0. The Kier molecular flexibility index (Phi) is 3.36. The summed E-state index contributed by atoms with van der Waals surface area (Å²) in [4.78, 5) is 23.1. The van der Waals surface area contributed by atoms with Crippen LogP contribution < -0.4 is 5.32 Å². The molecule has 98 valence electrons. The van der Waals surface area contributed by atoms with Gasteiger partial charge in [0.1, 0.15) is 0 Å². The van der Waals surface area contributed by atoms with Gasteiger partial charge in [-0.15, -0.1) is 0 Å². The predicted octanol–water partition coefficient (Wildman–Crippen LogP) is 0.712. The number of rotatable bonds is 3. The molecule has 2 atom stereocenters. The molecule has 6 nitrogen and oxygen atoms in total. The van der Waals surface area contributed by atoms with Crippen molar-refractivity contribution in [1.29, 1.82) is 0 Å². The summed E-state index contributed by atoms with van der Waals surface area (Å²) in [6, 6.07) is -0.269. The molecular formula is C12H17N3O3. The van der Waals surface area contributed by atoms with E-state index in [9.17, 15) is 9.59 Å². The van der Waals surface area contributed by atoms with Crippen molar-refractivity contribution in [2.24, 2.45) is 13.0 Å². The van der Waals surface area contributed by atoms with Gasteiger partial charge in [0, 0.05) is 18.8 Å². The van der Waals surface area contributed by atoms with Crippen molar-refractivity contribution in [3.05, 3.63) is 17.5 Å². The maximum Gasteiger partial charge on any atom is 0.308 e. The Morgan fingerprint density at radius 2 is 2.22 bits per heavy atom. The van der Waals surface area contributed by atoms with Gasteiger partial charge >= 0.3 is 5.97 Å². The molecule has 1 aliphatic carbocycles. The summed E-state index contributed by atoms with van der Waals surface area (Å²) in [5.41, 5.74) is 1.28. The number of carbonyl (C=O) groups excluding carboxylic acids is 1. The van der Waals surface area contributed by atoms with E-state index in [0.29, 0.717) is 12.0 Å². The Bertz CT molecular complexity index is 481. The summed E-state index contributed by atoms with van der Waals surface area (Å²) in [6.45, 7) is 1.81. The SMILES string of the molecule is Cc1c(C(=O)N[C@@H]2CCC[C@H]2C(=O)O)cnn1C. The van der Waals surface area contributed by atoms with E-state index in [1.807, 2.05) is 6.92 Å². The third-order valence-electron chi connectivity index (χ3n) is 3.63. The summed E-state index contributed by atoms with van der Waals surface area (Å²) in [6.07, 6.45) is 3.71. The molecule has 1 aromatic rings. The first-order valence-electron chi connectivity index (χ1n) is 6.03. The summed E-state index contributed by atoms with van der Waals surface area (Å²) in [5.74, 6) is -1.54. The Morgan fingerprint density at radius 3 is 2.78 bits per heavy atom. The van der Waals surface area contributed by atoms with Gasteiger partial charge in [0.15, 0.2) is 0 Å². The zero-order valence-electron chi connectivity index (χ0n) is 10.5. The highest BCUT2D eigenvalue weighted by Gasteiger charge is 2.34. The highest BCUT2D eigenvalue weighted by Crippen LogP contribution is 2.26. The molecule has 1 aliphatic rings. The number of aryl methyl sites for hydroxylation is 1. The molecule has 1 aromatic heterocycles. The van der Waals surface area contributed by atoms with Crippen molar-refractivity contribution in [3.8, 4) is 0 Å². The van der Waals surface area contributed by atoms with Crippen molar-refractivity contribution in [2.45, 2.75) is 32.2 Å². The molecule has 0 aliphatic heterocycles. The summed E-state index contributed by atoms with van der Waals surface area (Å²) in [5, 5.41) is 15.9. The predicted molar refractivity (Wildman–Crippen MR) is 64.2 cm³/mol. The van der Waals surface area contributed by atoms with E-state index >= 15 is 0 Å². The molecule has 0 unspecified atom stereocenters. The van der Waals surface area contributed by atoms with Gasteiger partial charge in [-0.3, -0.25) is 14.3 Å². The van der Waals surface area contributed by atoms with Crippen LogP contribution in [0.5, 0.6) is 0 Å². The van der Waals surface area contributed by atoms with Crippen LogP contribution in [0.15, 0.2) is 6.20 Å². The molecule has 0 bridgehead atoms. The Hall–Kier alpha value is -1.85. The smallest absolute Gasteiger partial charge is 0.308 e. The molecule has 1 fully saturated rings. The third kappa shape index (κ3) is 2.23. The van der Waals surface area contributed by atoms with Crippen LogP contribution in [0.2, 0.25) is 0 Å². The van der Waals surface area contributed by atoms with Crippen LogP contribution in [0, 0.1) is 12.8 Å². The number of carboxylic acid groups (broad SMARTS) is 1. The number of nitrogens with zero attached hydrogens (tertiary/aromatic N) is 2. The molecule has 2 N–H and O–H groups in total. The Balaban J connectivity index is 2.08. The second-order valence-corrected chi connectivity index (χ2v) is 4.72. The molecule has 6 heteroatoms. The first-order valence-corrected chi connectivity index (χ1v) is 6.03. The van der Waals surface area contributed by atoms with Crippen molar-refractivity contribution in [1.82, 2.24) is 15.1 Å². The summed E-state index contributed by atoms with van der Waals surface area (Å²) >= 11 is 0. The average molecular weight is 251 g/mol. The quantitative estimate of drug-likeness (QED) is 0.828. The van der Waals surface area contributed by atoms with Gasteiger partial charge in [-0.1, -0.05) is 6.42 Å². The molecule has 1 heterocycles. The normalized spacial score (nSPS) is 23.0. The standard InChI is InChI=1S/C12H17N3O3/c1-7-9(6-13-15(7)2)11(16)14-10-5-3-4-8(10)12(17)18/h6,8,10H,3-5H2,1-2H3,(H,14,16)(H,17,18)/t8-,10-/m1/s1. The van der Waals surface area contributed by atoms with E-state index in [1.165, 1.54) is 6.20 Å². The largest absolute Gasteiger partial charge is 0.481 e. The topological polar surface area (TPSA) is 84.2 Å². The lowest BCUT2D eigenvalue weighted by atomic mass is 10.0. The number of carboxylic acids is 1. The lowest BCUT2D eigenvalue weighted by Gasteiger charge is -2.17. The number of carbonyl (C=O) groups is 2. The van der Waals surface area contributed by atoms with Gasteiger partial charge in [0.25, 0.3) is 5.91 Å². The van der Waals surface area contributed by atoms with Crippen LogP contribution in [0.1, 0.15) is 35.3 Å². The average Bonchev–Trinajstić information content (AvgIpc) is 2.88. The van der Waals surface area contributed by atoms with Crippen LogP contribution in [0.3, 0.4) is 0 Å². The van der Waals surface area contributed by atoms with Gasteiger partial charge in [0.05, 0.1) is 17.7 Å². The fourth-order valence-corrected chi connectivity index (χ4v) is 2.40. The first-order chi connectivity index (χ1) is 8.50. The summed E-state index contributed by atoms with van der Waals surface area (Å²) in [7, 11) is 1.77. The zero-order chi connectivity index (χ0) is 13.3. The van der Waals surface area contributed by atoms with Crippen LogP contribution in [-0.2, 0) is 11.8 Å². The molecule has 0 spiro atoms. The minimum atomic E-state index is -0.833. The number of hydrogen-bond acceptors (Lipinski definition) is 3. The molecule has 0 radical (unpaired) electrons. The number of amides is 1. The highest BCUT2D eigenvalue weighted by atomic mass is 16.4. The fraction of sp³-hybridized carbons (Fsp3) is 0.583. The Labute approximate surface area is 105 Å². The molecular weight excluding hydrogens is 234 g/mol. The van der Waals surface area contributed by atoms with E-state index in [1.54, 1.807) is 11.7 Å². The van der Waals surface area contributed by atoms with Gasteiger partial charge in [-0.2, -0.15) is 5.10 Å². The lowest BCUT2D eigenvalue weighted by molar-refractivity contribution is -0.142. The second kappa shape index (κ2) is 4.80. The number of aromatic nitrogens is 2. The van der Waals surface area contributed by atoms with E-state index in [4.69, 9.17) is 5.11 Å². The monoisotopic (exact) mass is 251 g/mol. The van der Waals surface area contributed by atoms with Crippen LogP contribution in [0.4, 0.5) is 0 Å². The molecule has 18 heavy (non-hydrogen) atoms. The molecule has 0 saturated heterocycles. The summed E-state index contributed by atoms with van der Waals surface area (Å²) < 4.78 is 1.62. The lowest BCUT2D eigenvalue weighted by Crippen LogP contribution is -2.40. The fourth-order valence-electron chi connectivity index (χ4n) is 2.40. The zero-order valence-corrected chi connectivity index (χ0v) is 10.5. The van der Waals surface area contributed by atoms with Gasteiger partial charge in [-0.05, 0) is 19.8 Å². The molecule has 1 saturated carbocycles. The number of nitrogens with one attached hydrogen (secondary N) is 1. The maximum atomic E-state index is 12.0. The minimum Gasteiger partial charge on any atom is -0.481 e. The molecule has 2 rings (SSSR count). The first kappa shape index (κ1) is 12.6. The van der Waals surface area contributed by atoms with Crippen molar-refractivity contribution < 1.29 is 14.7 Å². The highest BCUT2D eigenvalue weighted by molar-refractivity contribution is 5.95. The van der Waals surface area contributed by atoms with E-state index in [2.05, 4.69) is 10.4 Å². The second-order valence-electron chi connectivity index (χ2n) is 4.72. The molecule has 1 amide bonds. The van der Waals surface area contributed by atoms with Gasteiger partial charge < -0.3 is 10.4 Å². The van der Waals surface area contributed by atoms with Crippen LogP contribution >= 0.6 is 0 Å². The van der Waals surface area contributed by atoms with Gasteiger partial charge in [0.2, 0.25) is 0 Å². The van der Waals surface area contributed by atoms with Crippen molar-refractivity contribution in [3.63, 3.8) is 0 Å². The number of hydrogen-bond donors (Lipinski definition) is 2.